The summed E-state index contributed by atoms with van der Waals surface area (Å²) in [6, 6.07) is 5.05. The molecule has 0 aromatic heterocycles. The molecule has 0 unspecified atom stereocenters. The highest BCUT2D eigenvalue weighted by atomic mass is 35.5. The van der Waals surface area contributed by atoms with E-state index in [4.69, 9.17) is 16.7 Å². The molecule has 0 aliphatic heterocycles. The number of benzene rings is 1. The zero-order chi connectivity index (χ0) is 14.3. The van der Waals surface area contributed by atoms with Crippen molar-refractivity contribution in [2.75, 3.05) is 19.7 Å². The summed E-state index contributed by atoms with van der Waals surface area (Å²) in [6.07, 6.45) is 0.924. The van der Waals surface area contributed by atoms with Crippen LogP contribution in [0.4, 0.5) is 0 Å². The highest BCUT2D eigenvalue weighted by Gasteiger charge is 2.14. The molecule has 0 fully saturated rings. The molecule has 1 aromatic rings. The molecule has 1 rings (SSSR count). The van der Waals surface area contributed by atoms with Crippen molar-refractivity contribution in [1.82, 2.24) is 4.90 Å². The molecule has 1 amide bonds. The predicted octanol–water partition coefficient (Wildman–Crippen LogP) is 2.56. The maximum Gasteiger partial charge on any atom is 0.253 e. The van der Waals surface area contributed by atoms with Crippen LogP contribution in [0.5, 0.6) is 0 Å². The van der Waals surface area contributed by atoms with Gasteiger partial charge in [0.1, 0.15) is 6.61 Å². The highest BCUT2D eigenvalue weighted by molar-refractivity contribution is 6.32. The molecule has 0 saturated carbocycles. The third-order valence-corrected chi connectivity index (χ3v) is 2.99. The number of nitrogens with zero attached hydrogens (tertiary/aromatic N) is 1. The van der Waals surface area contributed by atoms with Crippen LogP contribution in [0.15, 0.2) is 18.2 Å². The van der Waals surface area contributed by atoms with E-state index in [0.717, 1.165) is 13.0 Å². The molecule has 102 valence electrons. The summed E-state index contributed by atoms with van der Waals surface area (Å²) < 4.78 is 0. The first-order chi connectivity index (χ1) is 9.13. The largest absolute Gasteiger partial charge is 0.384 e. The Labute approximate surface area is 119 Å². The van der Waals surface area contributed by atoms with Crippen molar-refractivity contribution in [3.05, 3.63) is 34.3 Å². The summed E-state index contributed by atoms with van der Waals surface area (Å²) in [5.74, 6) is 5.25. The van der Waals surface area contributed by atoms with E-state index in [1.165, 1.54) is 0 Å². The molecule has 1 N–H and O–H groups in total. The van der Waals surface area contributed by atoms with Crippen molar-refractivity contribution in [3.63, 3.8) is 0 Å². The SMILES string of the molecule is CCCN(CC)C(=O)c1ccc(C#CCO)c(Cl)c1. The summed E-state index contributed by atoms with van der Waals surface area (Å²) in [5.41, 5.74) is 1.18. The minimum Gasteiger partial charge on any atom is -0.384 e. The first kappa shape index (κ1) is 15.6. The molecular weight excluding hydrogens is 262 g/mol. The number of carbonyl (C=O) groups is 1. The topological polar surface area (TPSA) is 40.5 Å². The minimum atomic E-state index is -0.211. The van der Waals surface area contributed by atoms with Gasteiger partial charge in [-0.1, -0.05) is 30.4 Å². The molecule has 0 atom stereocenters. The van der Waals surface area contributed by atoms with Crippen LogP contribution < -0.4 is 0 Å². The third kappa shape index (κ3) is 4.27. The van der Waals surface area contributed by atoms with Gasteiger partial charge in [-0.3, -0.25) is 4.79 Å². The maximum absolute atomic E-state index is 12.2. The molecule has 0 aliphatic rings. The third-order valence-electron chi connectivity index (χ3n) is 2.68. The lowest BCUT2D eigenvalue weighted by atomic mass is 10.1. The van der Waals surface area contributed by atoms with E-state index in [9.17, 15) is 4.79 Å². The number of aliphatic hydroxyl groups is 1. The quantitative estimate of drug-likeness (QED) is 0.861. The second-order valence-electron chi connectivity index (χ2n) is 4.04. The fourth-order valence-corrected chi connectivity index (χ4v) is 1.97. The summed E-state index contributed by atoms with van der Waals surface area (Å²) in [6.45, 7) is 5.19. The summed E-state index contributed by atoms with van der Waals surface area (Å²) in [7, 11) is 0. The van der Waals surface area contributed by atoms with Gasteiger partial charge < -0.3 is 10.0 Å². The van der Waals surface area contributed by atoms with E-state index in [2.05, 4.69) is 11.8 Å². The molecule has 0 radical (unpaired) electrons. The number of halogens is 1. The van der Waals surface area contributed by atoms with Crippen LogP contribution in [0.3, 0.4) is 0 Å². The Kier molecular flexibility index (Phi) is 6.41. The molecule has 0 spiro atoms. The van der Waals surface area contributed by atoms with E-state index < -0.39 is 0 Å². The first-order valence-corrected chi connectivity index (χ1v) is 6.70. The van der Waals surface area contributed by atoms with Crippen molar-refractivity contribution >= 4 is 17.5 Å². The second kappa shape index (κ2) is 7.83. The highest BCUT2D eigenvalue weighted by Crippen LogP contribution is 2.18. The fraction of sp³-hybridized carbons (Fsp3) is 0.400. The van der Waals surface area contributed by atoms with E-state index in [1.54, 1.807) is 23.1 Å². The van der Waals surface area contributed by atoms with Crippen LogP contribution in [0, 0.1) is 11.8 Å². The van der Waals surface area contributed by atoms with Crippen molar-refractivity contribution in [3.8, 4) is 11.8 Å². The lowest BCUT2D eigenvalue weighted by Gasteiger charge is -2.20. The van der Waals surface area contributed by atoms with Crippen molar-refractivity contribution in [2.24, 2.45) is 0 Å². The average molecular weight is 280 g/mol. The molecule has 4 heteroatoms. The Morgan fingerprint density at radius 3 is 2.68 bits per heavy atom. The molecular formula is C15H18ClNO2. The van der Waals surface area contributed by atoms with E-state index in [-0.39, 0.29) is 12.5 Å². The van der Waals surface area contributed by atoms with Crippen LogP contribution in [-0.2, 0) is 0 Å². The monoisotopic (exact) mass is 279 g/mol. The minimum absolute atomic E-state index is 0.0204. The van der Waals surface area contributed by atoms with Crippen molar-refractivity contribution in [2.45, 2.75) is 20.3 Å². The normalized spacial score (nSPS) is 9.68. The predicted molar refractivity (Wildman–Crippen MR) is 77.3 cm³/mol. The molecule has 3 nitrogen and oxygen atoms in total. The Morgan fingerprint density at radius 2 is 2.16 bits per heavy atom. The number of hydrogen-bond acceptors (Lipinski definition) is 2. The molecule has 1 aromatic carbocycles. The van der Waals surface area contributed by atoms with Crippen LogP contribution in [-0.4, -0.2) is 35.6 Å². The van der Waals surface area contributed by atoms with Crippen LogP contribution in [0.2, 0.25) is 5.02 Å². The fourth-order valence-electron chi connectivity index (χ4n) is 1.74. The van der Waals surface area contributed by atoms with E-state index in [1.807, 2.05) is 13.8 Å². The Morgan fingerprint density at radius 1 is 1.42 bits per heavy atom. The van der Waals surface area contributed by atoms with Gasteiger partial charge in [-0.05, 0) is 31.5 Å². The van der Waals surface area contributed by atoms with Crippen LogP contribution >= 0.6 is 11.6 Å². The Bertz CT molecular complexity index is 503. The number of carbonyl (C=O) groups excluding carboxylic acids is 1. The van der Waals surface area contributed by atoms with Gasteiger partial charge in [0.2, 0.25) is 0 Å². The zero-order valence-corrected chi connectivity index (χ0v) is 12.0. The van der Waals surface area contributed by atoms with Gasteiger partial charge in [-0.15, -0.1) is 0 Å². The molecule has 0 aliphatic carbocycles. The van der Waals surface area contributed by atoms with E-state index >= 15 is 0 Å². The van der Waals surface area contributed by atoms with Gasteiger partial charge in [0.15, 0.2) is 0 Å². The molecule has 19 heavy (non-hydrogen) atoms. The van der Waals surface area contributed by atoms with Crippen LogP contribution in [0.1, 0.15) is 36.2 Å². The maximum atomic E-state index is 12.2. The Hall–Kier alpha value is -1.50. The standard InChI is InChI=1S/C15H18ClNO2/c1-3-9-17(4-2)15(19)13-8-7-12(6-5-10-18)14(16)11-13/h7-8,11,18H,3-4,9-10H2,1-2H3. The van der Waals surface area contributed by atoms with Crippen molar-refractivity contribution < 1.29 is 9.90 Å². The smallest absolute Gasteiger partial charge is 0.253 e. The average Bonchev–Trinajstić information content (AvgIpc) is 2.42. The first-order valence-electron chi connectivity index (χ1n) is 6.32. The summed E-state index contributed by atoms with van der Waals surface area (Å²) in [5, 5.41) is 9.08. The van der Waals surface area contributed by atoms with Gasteiger partial charge >= 0.3 is 0 Å². The van der Waals surface area contributed by atoms with Gasteiger partial charge in [-0.2, -0.15) is 0 Å². The van der Waals surface area contributed by atoms with Crippen LogP contribution in [0.25, 0.3) is 0 Å². The number of aliphatic hydroxyl groups excluding tert-OH is 1. The number of amides is 1. The summed E-state index contributed by atoms with van der Waals surface area (Å²) in [4.78, 5) is 14.0. The van der Waals surface area contributed by atoms with Gasteiger partial charge in [0.25, 0.3) is 5.91 Å². The molecule has 0 bridgehead atoms. The van der Waals surface area contributed by atoms with Gasteiger partial charge in [0, 0.05) is 24.2 Å². The number of rotatable bonds is 4. The summed E-state index contributed by atoms with van der Waals surface area (Å²) >= 11 is 6.08. The van der Waals surface area contributed by atoms with Crippen molar-refractivity contribution in [1.29, 1.82) is 0 Å². The lowest BCUT2D eigenvalue weighted by Crippen LogP contribution is -2.31. The van der Waals surface area contributed by atoms with E-state index in [0.29, 0.717) is 22.7 Å². The molecule has 0 saturated heterocycles. The number of hydrogen-bond donors (Lipinski definition) is 1. The Balaban J connectivity index is 2.96. The molecule has 0 heterocycles. The van der Waals surface area contributed by atoms with Gasteiger partial charge in [-0.25, -0.2) is 0 Å². The van der Waals surface area contributed by atoms with Gasteiger partial charge in [0.05, 0.1) is 5.02 Å². The zero-order valence-electron chi connectivity index (χ0n) is 11.2. The lowest BCUT2D eigenvalue weighted by molar-refractivity contribution is 0.0764. The second-order valence-corrected chi connectivity index (χ2v) is 4.45.